The van der Waals surface area contributed by atoms with Gasteiger partial charge in [-0.3, -0.25) is 19.2 Å². The van der Waals surface area contributed by atoms with Crippen molar-refractivity contribution in [1.82, 2.24) is 34.8 Å². The Morgan fingerprint density at radius 3 is 2.12 bits per heavy atom. The number of likely N-dealkylation sites (N-methyl/N-ethyl adjacent to an activating group) is 1. The van der Waals surface area contributed by atoms with E-state index in [0.717, 1.165) is 17.8 Å². The summed E-state index contributed by atoms with van der Waals surface area (Å²) in [5, 5.41) is 11.0. The predicted molar refractivity (Wildman–Crippen MR) is 218 cm³/mol. The second-order valence-corrected chi connectivity index (χ2v) is 20.6. The van der Waals surface area contributed by atoms with E-state index in [1.165, 1.54) is 18.0 Å². The van der Waals surface area contributed by atoms with E-state index in [4.69, 9.17) is 4.74 Å². The van der Waals surface area contributed by atoms with E-state index in [1.807, 2.05) is 34.6 Å². The first kappa shape index (κ1) is 46.2. The third kappa shape index (κ3) is 10.4. The monoisotopic (exact) mass is 829 g/mol. The van der Waals surface area contributed by atoms with Crippen molar-refractivity contribution in [3.63, 3.8) is 0 Å². The van der Waals surface area contributed by atoms with Crippen LogP contribution in [0.25, 0.3) is 0 Å². The number of fused-ring (bicyclic) bond motifs is 1. The molecule has 0 aromatic heterocycles. The molecule has 1 saturated heterocycles. The number of benzene rings is 1. The molecular formula is C41H63N7O9S. The second-order valence-electron chi connectivity index (χ2n) is 18.6. The molecule has 1 heterocycles. The van der Waals surface area contributed by atoms with Crippen molar-refractivity contribution in [3.8, 4) is 0 Å². The number of carbonyl (C=O) groups is 6. The van der Waals surface area contributed by atoms with E-state index in [9.17, 15) is 37.2 Å². The standard InChI is InChI=1S/C41H63N7O9S/c1-12-21-42-35(51)32(49)30(26-19-16-20-26)44-34(50)31-29-27(41(29,8)9)22-48(31)36(52)33(40(5,6)7)45-37(53)43-28(39(2,3)4)23-46(10)58(55,56)47(11)38(54)57-24-25-17-14-13-15-18-25/h12-15,17-18,26-31,33H,1,16,19-24H2,2-11H3,(H,42,51)(H,44,50)(H2,43,45,53)/t27-,28+,29-,30?,31-,33+/m0/s1. The molecule has 0 bridgehead atoms. The zero-order valence-electron chi connectivity index (χ0n) is 35.6. The fraction of sp³-hybridized carbons (Fsp3) is 0.659. The largest absolute Gasteiger partial charge is 0.444 e. The molecule has 2 saturated carbocycles. The van der Waals surface area contributed by atoms with Gasteiger partial charge in [0.05, 0.1) is 0 Å². The van der Waals surface area contributed by atoms with Gasteiger partial charge < -0.3 is 30.9 Å². The molecule has 0 radical (unpaired) electrons. The zero-order chi connectivity index (χ0) is 43.5. The molecule has 0 spiro atoms. The molecule has 4 rings (SSSR count). The summed E-state index contributed by atoms with van der Waals surface area (Å²) in [4.78, 5) is 82.8. The van der Waals surface area contributed by atoms with Gasteiger partial charge in [-0.2, -0.15) is 17.0 Å². The highest BCUT2D eigenvalue weighted by Gasteiger charge is 2.70. The van der Waals surface area contributed by atoms with Crippen LogP contribution in [0.4, 0.5) is 9.59 Å². The number of ether oxygens (including phenoxy) is 1. The molecular weight excluding hydrogens is 767 g/mol. The van der Waals surface area contributed by atoms with Gasteiger partial charge >= 0.3 is 22.3 Å². The first-order chi connectivity index (χ1) is 26.8. The molecule has 58 heavy (non-hydrogen) atoms. The maximum Gasteiger partial charge on any atom is 0.424 e. The van der Waals surface area contributed by atoms with Crippen LogP contribution in [0.1, 0.15) is 80.2 Å². The fourth-order valence-electron chi connectivity index (χ4n) is 7.76. The number of rotatable bonds is 16. The van der Waals surface area contributed by atoms with Crippen molar-refractivity contribution in [2.45, 2.75) is 105 Å². The molecule has 1 aromatic rings. The van der Waals surface area contributed by atoms with Crippen LogP contribution in [-0.2, 0) is 40.7 Å². The summed E-state index contributed by atoms with van der Waals surface area (Å²) in [6, 6.07) is 4.19. The third-order valence-corrected chi connectivity index (χ3v) is 13.8. The summed E-state index contributed by atoms with van der Waals surface area (Å²) < 4.78 is 33.6. The molecule has 1 unspecified atom stereocenters. The smallest absolute Gasteiger partial charge is 0.424 e. The second kappa shape index (κ2) is 17.8. The Morgan fingerprint density at radius 1 is 0.966 bits per heavy atom. The van der Waals surface area contributed by atoms with Gasteiger partial charge in [0.1, 0.15) is 24.7 Å². The summed E-state index contributed by atoms with van der Waals surface area (Å²) in [6.45, 7) is 18.4. The summed E-state index contributed by atoms with van der Waals surface area (Å²) in [7, 11) is -2.00. The van der Waals surface area contributed by atoms with Gasteiger partial charge in [-0.1, -0.05) is 98.2 Å². The first-order valence-corrected chi connectivity index (χ1v) is 21.2. The van der Waals surface area contributed by atoms with Crippen LogP contribution < -0.4 is 21.3 Å². The van der Waals surface area contributed by atoms with E-state index < -0.39 is 80.8 Å². The fourth-order valence-corrected chi connectivity index (χ4v) is 8.76. The molecule has 4 N–H and O–H groups in total. The van der Waals surface area contributed by atoms with Crippen molar-refractivity contribution < 1.29 is 41.9 Å². The highest BCUT2D eigenvalue weighted by atomic mass is 32.2. The van der Waals surface area contributed by atoms with Gasteiger partial charge in [0.2, 0.25) is 17.6 Å². The lowest BCUT2D eigenvalue weighted by atomic mass is 9.77. The summed E-state index contributed by atoms with van der Waals surface area (Å²) in [5.74, 6) is -2.95. The van der Waals surface area contributed by atoms with E-state index in [1.54, 1.807) is 51.1 Å². The molecule has 17 heteroatoms. The number of amides is 6. The van der Waals surface area contributed by atoms with Crippen LogP contribution in [-0.4, -0.2) is 115 Å². The maximum absolute atomic E-state index is 14.6. The molecule has 322 valence electrons. The van der Waals surface area contributed by atoms with E-state index in [0.29, 0.717) is 22.7 Å². The number of urea groups is 1. The Kier molecular flexibility index (Phi) is 14.2. The van der Waals surface area contributed by atoms with Gasteiger partial charge in [0.25, 0.3) is 5.91 Å². The number of ketones is 1. The number of Topliss-reactive ketones (excluding diaryl/α,β-unsaturated/α-hetero) is 1. The van der Waals surface area contributed by atoms with Gasteiger partial charge in [-0.05, 0) is 52.4 Å². The average Bonchev–Trinajstić information content (AvgIpc) is 3.41. The Bertz CT molecular complexity index is 1840. The Morgan fingerprint density at radius 2 is 1.59 bits per heavy atom. The van der Waals surface area contributed by atoms with E-state index in [2.05, 4.69) is 27.8 Å². The van der Waals surface area contributed by atoms with Gasteiger partial charge in [-0.15, -0.1) is 6.58 Å². The van der Waals surface area contributed by atoms with E-state index >= 15 is 0 Å². The molecule has 16 nitrogen and oxygen atoms in total. The lowest BCUT2D eigenvalue weighted by Gasteiger charge is -2.39. The molecule has 1 aromatic carbocycles. The van der Waals surface area contributed by atoms with Crippen LogP contribution in [0.3, 0.4) is 0 Å². The normalized spacial score (nSPS) is 21.6. The van der Waals surface area contributed by atoms with Crippen LogP contribution in [0.5, 0.6) is 0 Å². The number of hydrogen-bond acceptors (Lipinski definition) is 9. The Labute approximate surface area is 343 Å². The first-order valence-electron chi connectivity index (χ1n) is 19.9. The van der Waals surface area contributed by atoms with Crippen molar-refractivity contribution in [2.75, 3.05) is 33.7 Å². The highest BCUT2D eigenvalue weighted by Crippen LogP contribution is 2.65. The number of likely N-dealkylation sites (tertiary alicyclic amines) is 1. The minimum Gasteiger partial charge on any atom is -0.444 e. The number of hydrogen-bond donors (Lipinski definition) is 4. The average molecular weight is 830 g/mol. The molecule has 1 aliphatic heterocycles. The molecule has 3 aliphatic rings. The van der Waals surface area contributed by atoms with Crippen LogP contribution in [0, 0.1) is 34.0 Å². The van der Waals surface area contributed by atoms with Crippen molar-refractivity contribution in [1.29, 1.82) is 0 Å². The Hall–Kier alpha value is -4.51. The minimum atomic E-state index is -4.38. The van der Waals surface area contributed by atoms with Crippen molar-refractivity contribution in [2.24, 2.45) is 34.0 Å². The zero-order valence-corrected chi connectivity index (χ0v) is 36.4. The lowest BCUT2D eigenvalue weighted by molar-refractivity contribution is -0.146. The molecule has 3 fully saturated rings. The summed E-state index contributed by atoms with van der Waals surface area (Å²) in [5.41, 5.74) is -1.11. The minimum absolute atomic E-state index is 0.00639. The summed E-state index contributed by atoms with van der Waals surface area (Å²) in [6.07, 6.45) is 2.61. The lowest BCUT2D eigenvalue weighted by Crippen LogP contribution is -2.63. The SMILES string of the molecule is C=CCNC(=O)C(=O)C(NC(=O)[C@@H]1[C@@H]2[C@H](CN1C(=O)[C@@H](NC(=O)N[C@H](CN(C)S(=O)(=O)N(C)C(=O)OCc1ccccc1)C(C)(C)C)C(C)(C)C)C2(C)C)C1CCC1. The number of nitrogens with zero attached hydrogens (tertiary/aromatic N) is 3. The van der Waals surface area contributed by atoms with Gasteiger partial charge in [0, 0.05) is 39.8 Å². The third-order valence-electron chi connectivity index (χ3n) is 12.0. The van der Waals surface area contributed by atoms with Crippen LogP contribution in [0.2, 0.25) is 0 Å². The topological polar surface area (TPSA) is 204 Å². The van der Waals surface area contributed by atoms with Crippen molar-refractivity contribution >= 4 is 45.8 Å². The summed E-state index contributed by atoms with van der Waals surface area (Å²) >= 11 is 0. The molecule has 6 amide bonds. The van der Waals surface area contributed by atoms with Gasteiger partial charge in [0.15, 0.2) is 0 Å². The van der Waals surface area contributed by atoms with Crippen molar-refractivity contribution in [3.05, 3.63) is 48.6 Å². The highest BCUT2D eigenvalue weighted by molar-refractivity contribution is 7.87. The maximum atomic E-state index is 14.6. The van der Waals surface area contributed by atoms with Crippen LogP contribution >= 0.6 is 0 Å². The quantitative estimate of drug-likeness (QED) is 0.143. The molecule has 2 aliphatic carbocycles. The Balaban J connectivity index is 1.48. The van der Waals surface area contributed by atoms with E-state index in [-0.39, 0.29) is 49.4 Å². The molecule has 6 atom stereocenters. The number of piperidine rings is 1. The predicted octanol–water partition coefficient (Wildman–Crippen LogP) is 3.20. The van der Waals surface area contributed by atoms with Crippen LogP contribution in [0.15, 0.2) is 43.0 Å². The number of carbonyl (C=O) groups excluding carboxylic acids is 6. The number of nitrogens with one attached hydrogen (secondary N) is 4. The van der Waals surface area contributed by atoms with Gasteiger partial charge in [-0.25, -0.2) is 9.59 Å².